The van der Waals surface area contributed by atoms with Gasteiger partial charge < -0.3 is 15.2 Å². The molecule has 5 bridgehead atoms. The molecule has 2 N–H and O–H groups in total. The average molecular weight is 354 g/mol. The molecule has 5 fully saturated rings. The summed E-state index contributed by atoms with van der Waals surface area (Å²) >= 11 is 0. The number of para-hydroxylation sites is 1. The zero-order valence-corrected chi connectivity index (χ0v) is 15.3. The number of piperidine rings is 4. The summed E-state index contributed by atoms with van der Waals surface area (Å²) in [5, 5.41) is 14.9. The lowest BCUT2D eigenvalue weighted by atomic mass is 9.63. The molecule has 1 aromatic rings. The van der Waals surface area contributed by atoms with Crippen LogP contribution < -0.4 is 5.32 Å². The normalized spacial score (nSPS) is 51.7. The first-order valence-corrected chi connectivity index (χ1v) is 10.1. The van der Waals surface area contributed by atoms with Crippen molar-refractivity contribution in [2.45, 2.75) is 69.0 Å². The highest BCUT2D eigenvalue weighted by Gasteiger charge is 2.76. The second-order valence-corrected chi connectivity index (χ2v) is 8.99. The number of benzene rings is 1. The molecule has 0 radical (unpaired) electrons. The Morgan fingerprint density at radius 3 is 2.96 bits per heavy atom. The van der Waals surface area contributed by atoms with E-state index in [0.717, 1.165) is 19.3 Å². The Morgan fingerprint density at radius 2 is 2.19 bits per heavy atom. The van der Waals surface area contributed by atoms with Crippen LogP contribution in [0.5, 0.6) is 0 Å². The first-order valence-electron chi connectivity index (χ1n) is 10.1. The molecule has 5 nitrogen and oxygen atoms in total. The largest absolute Gasteiger partial charge is 0.461 e. The Bertz CT molecular complexity index is 797. The number of aliphatic hydroxyl groups excluding tert-OH is 1. The quantitative estimate of drug-likeness (QED) is 0.797. The molecule has 5 heteroatoms. The van der Waals surface area contributed by atoms with Crippen molar-refractivity contribution >= 4 is 11.7 Å². The van der Waals surface area contributed by atoms with Crippen molar-refractivity contribution in [3.05, 3.63) is 29.8 Å². The molecule has 1 aromatic carbocycles. The maximum atomic E-state index is 12.1. The summed E-state index contributed by atoms with van der Waals surface area (Å²) in [5.41, 5.74) is 2.36. The number of aliphatic hydroxyl groups is 1. The Labute approximate surface area is 153 Å². The number of fused-ring (bicyclic) bond motifs is 2. The number of nitrogens with one attached hydrogen (secondary N) is 1. The maximum Gasteiger partial charge on any atom is 0.302 e. The van der Waals surface area contributed by atoms with E-state index in [0.29, 0.717) is 23.9 Å². The van der Waals surface area contributed by atoms with Crippen molar-refractivity contribution in [1.82, 2.24) is 4.90 Å². The van der Waals surface area contributed by atoms with Crippen LogP contribution >= 0.6 is 0 Å². The topological polar surface area (TPSA) is 61.8 Å². The fraction of sp³-hybridized carbons (Fsp3) is 0.667. The molecule has 0 aromatic heterocycles. The van der Waals surface area contributed by atoms with Gasteiger partial charge in [0.25, 0.3) is 0 Å². The van der Waals surface area contributed by atoms with Crippen molar-refractivity contribution in [1.29, 1.82) is 0 Å². The summed E-state index contributed by atoms with van der Waals surface area (Å²) in [7, 11) is 0. The SMILES string of the molecule is CC[C@H]1[C@@H]2C[C@H]3[C@@H]4Nc5ccccc5[C@]45C[C@@H](C2[C@H]5OC(C)=O)N3[C@@H]1O. The minimum Gasteiger partial charge on any atom is -0.461 e. The summed E-state index contributed by atoms with van der Waals surface area (Å²) < 4.78 is 6.11. The van der Waals surface area contributed by atoms with Crippen LogP contribution in [0.2, 0.25) is 0 Å². The fourth-order valence-corrected chi connectivity index (χ4v) is 7.73. The highest BCUT2D eigenvalue weighted by Crippen LogP contribution is 2.68. The summed E-state index contributed by atoms with van der Waals surface area (Å²) in [5.74, 6) is 0.887. The van der Waals surface area contributed by atoms with E-state index in [1.54, 1.807) is 6.92 Å². The van der Waals surface area contributed by atoms with Gasteiger partial charge >= 0.3 is 5.97 Å². The number of nitrogens with zero attached hydrogens (tertiary/aromatic N) is 1. The molecular formula is C21H26N2O3. The average Bonchev–Trinajstić information content (AvgIpc) is 3.08. The van der Waals surface area contributed by atoms with Gasteiger partial charge in [-0.05, 0) is 36.8 Å². The third kappa shape index (κ3) is 1.51. The Hall–Kier alpha value is -1.59. The lowest BCUT2D eigenvalue weighted by molar-refractivity contribution is -0.211. The molecule has 10 atom stereocenters. The van der Waals surface area contributed by atoms with E-state index >= 15 is 0 Å². The summed E-state index contributed by atoms with van der Waals surface area (Å²) in [6, 6.07) is 9.39. The molecule has 138 valence electrons. The molecule has 1 saturated carbocycles. The smallest absolute Gasteiger partial charge is 0.302 e. The van der Waals surface area contributed by atoms with Crippen LogP contribution in [0.4, 0.5) is 5.69 Å². The van der Waals surface area contributed by atoms with Crippen LogP contribution in [0, 0.1) is 17.8 Å². The molecule has 4 saturated heterocycles. The van der Waals surface area contributed by atoms with E-state index in [4.69, 9.17) is 4.74 Å². The third-order valence-electron chi connectivity index (χ3n) is 8.30. The third-order valence-corrected chi connectivity index (χ3v) is 8.30. The Balaban J connectivity index is 1.57. The standard InChI is InChI=1S/C21H26N2O3/c1-3-11-12-8-15-18-21(13-6-4-5-7-14(13)22-18)9-16(23(15)20(11)25)17(12)19(21)26-10(2)24/h4-7,11-12,15-20,22,25H,3,8-9H2,1-2H3/t11-,12-,15-,16-,17?,18-,19+,20+,21+/m0/s1. The number of ether oxygens (including phenoxy) is 1. The maximum absolute atomic E-state index is 12.1. The predicted octanol–water partition coefficient (Wildman–Crippen LogP) is 2.10. The molecule has 5 heterocycles. The highest BCUT2D eigenvalue weighted by atomic mass is 16.5. The lowest BCUT2D eigenvalue weighted by Gasteiger charge is -2.61. The molecule has 2 unspecified atom stereocenters. The van der Waals surface area contributed by atoms with Crippen LogP contribution in [-0.2, 0) is 14.9 Å². The molecule has 1 spiro atoms. The van der Waals surface area contributed by atoms with Crippen molar-refractivity contribution in [3.63, 3.8) is 0 Å². The first-order chi connectivity index (χ1) is 12.6. The molecule has 1 aliphatic carbocycles. The Morgan fingerprint density at radius 1 is 1.38 bits per heavy atom. The van der Waals surface area contributed by atoms with Gasteiger partial charge in [-0.1, -0.05) is 25.1 Å². The monoisotopic (exact) mass is 354 g/mol. The zero-order valence-electron chi connectivity index (χ0n) is 15.3. The van der Waals surface area contributed by atoms with E-state index < -0.39 is 0 Å². The van der Waals surface area contributed by atoms with E-state index in [-0.39, 0.29) is 35.7 Å². The number of anilines is 1. The van der Waals surface area contributed by atoms with Gasteiger partial charge in [-0.25, -0.2) is 0 Å². The molecule has 0 amide bonds. The second kappa shape index (κ2) is 4.82. The molecule has 5 aliphatic heterocycles. The van der Waals surface area contributed by atoms with Crippen molar-refractivity contribution in [2.75, 3.05) is 5.32 Å². The number of esters is 1. The number of hydrogen-bond donors (Lipinski definition) is 2. The number of carbonyl (C=O) groups is 1. The van der Waals surface area contributed by atoms with Crippen molar-refractivity contribution in [3.8, 4) is 0 Å². The summed E-state index contributed by atoms with van der Waals surface area (Å²) in [6.07, 6.45) is 2.61. The molecule has 6 aliphatic rings. The second-order valence-electron chi connectivity index (χ2n) is 8.99. The van der Waals surface area contributed by atoms with Gasteiger partial charge in [-0.15, -0.1) is 0 Å². The fourth-order valence-electron chi connectivity index (χ4n) is 7.73. The van der Waals surface area contributed by atoms with Crippen LogP contribution in [0.1, 0.15) is 38.7 Å². The van der Waals surface area contributed by atoms with Gasteiger partial charge in [0, 0.05) is 36.5 Å². The van der Waals surface area contributed by atoms with E-state index in [9.17, 15) is 9.90 Å². The predicted molar refractivity (Wildman–Crippen MR) is 96.5 cm³/mol. The number of hydrogen-bond acceptors (Lipinski definition) is 5. The van der Waals surface area contributed by atoms with Crippen LogP contribution in [-0.4, -0.2) is 46.4 Å². The van der Waals surface area contributed by atoms with E-state index in [1.165, 1.54) is 11.3 Å². The van der Waals surface area contributed by atoms with Gasteiger partial charge in [0.05, 0.1) is 11.5 Å². The van der Waals surface area contributed by atoms with Gasteiger partial charge in [0.15, 0.2) is 0 Å². The summed E-state index contributed by atoms with van der Waals surface area (Å²) in [6.45, 7) is 3.72. The number of rotatable bonds is 2. The van der Waals surface area contributed by atoms with Crippen LogP contribution in [0.15, 0.2) is 24.3 Å². The summed E-state index contributed by atoms with van der Waals surface area (Å²) in [4.78, 5) is 14.5. The number of carbonyl (C=O) groups excluding carboxylic acids is 1. The van der Waals surface area contributed by atoms with Crippen LogP contribution in [0.3, 0.4) is 0 Å². The molecule has 7 rings (SSSR count). The van der Waals surface area contributed by atoms with Gasteiger partial charge in [-0.3, -0.25) is 9.69 Å². The highest BCUT2D eigenvalue weighted by molar-refractivity contribution is 5.69. The first kappa shape index (κ1) is 15.5. The Kier molecular flexibility index (Phi) is 2.86. The van der Waals surface area contributed by atoms with Crippen molar-refractivity contribution < 1.29 is 14.6 Å². The van der Waals surface area contributed by atoms with Crippen molar-refractivity contribution in [2.24, 2.45) is 17.8 Å². The lowest BCUT2D eigenvalue weighted by Crippen LogP contribution is -2.71. The minimum absolute atomic E-state index is 0.0901. The molecule has 26 heavy (non-hydrogen) atoms. The van der Waals surface area contributed by atoms with E-state index in [2.05, 4.69) is 41.4 Å². The van der Waals surface area contributed by atoms with Gasteiger partial charge in [-0.2, -0.15) is 0 Å². The van der Waals surface area contributed by atoms with Gasteiger partial charge in [0.1, 0.15) is 12.3 Å². The zero-order chi connectivity index (χ0) is 17.8. The molecular weight excluding hydrogens is 328 g/mol. The minimum atomic E-state index is -0.357. The van der Waals surface area contributed by atoms with Gasteiger partial charge in [0.2, 0.25) is 0 Å². The van der Waals surface area contributed by atoms with E-state index in [1.807, 2.05) is 0 Å². The van der Waals surface area contributed by atoms with Crippen LogP contribution in [0.25, 0.3) is 0 Å².